The van der Waals surface area contributed by atoms with Crippen LogP contribution in [0.4, 0.5) is 0 Å². The Bertz CT molecular complexity index is 1140. The van der Waals surface area contributed by atoms with Crippen LogP contribution in [0, 0.1) is 20.8 Å². The molecular formula is C25H28N4O2S. The van der Waals surface area contributed by atoms with E-state index < -0.39 is 0 Å². The van der Waals surface area contributed by atoms with Crippen LogP contribution < -0.4 is 5.32 Å². The van der Waals surface area contributed by atoms with Crippen LogP contribution in [-0.4, -0.2) is 38.7 Å². The average molecular weight is 449 g/mol. The fourth-order valence-corrected chi connectivity index (χ4v) is 4.84. The molecule has 3 aromatic rings. The Morgan fingerprint density at radius 3 is 2.59 bits per heavy atom. The van der Waals surface area contributed by atoms with Crippen LogP contribution in [0.2, 0.25) is 0 Å². The molecular weight excluding hydrogens is 420 g/mol. The van der Waals surface area contributed by atoms with Crippen molar-refractivity contribution in [1.29, 1.82) is 0 Å². The third kappa shape index (κ3) is 4.00. The number of para-hydroxylation sites is 1. The van der Waals surface area contributed by atoms with E-state index in [4.69, 9.17) is 17.0 Å². The molecule has 7 heteroatoms. The molecule has 2 atom stereocenters. The quantitative estimate of drug-likeness (QED) is 0.447. The number of carbonyl (C=O) groups excluding carboxylic acids is 1. The van der Waals surface area contributed by atoms with Gasteiger partial charge in [-0.2, -0.15) is 0 Å². The number of aromatic nitrogens is 2. The number of thiocarbonyl (C=S) groups is 1. The van der Waals surface area contributed by atoms with Gasteiger partial charge in [-0.15, -0.1) is 0 Å². The van der Waals surface area contributed by atoms with E-state index in [1.807, 2.05) is 36.1 Å². The van der Waals surface area contributed by atoms with Gasteiger partial charge in [0.05, 0.1) is 24.4 Å². The molecule has 0 radical (unpaired) electrons. The van der Waals surface area contributed by atoms with Crippen LogP contribution in [-0.2, 0) is 9.53 Å². The Kier molecular flexibility index (Phi) is 6.28. The fraction of sp³-hybridized carbons (Fsp3) is 0.320. The summed E-state index contributed by atoms with van der Waals surface area (Å²) in [6, 6.07) is 16.0. The lowest BCUT2D eigenvalue weighted by Crippen LogP contribution is -2.35. The third-order valence-electron chi connectivity index (χ3n) is 5.95. The SMILES string of the molecule is CCOC(=O)CN1C(=S)N[C@H](c2ccccn2)[C@@H]1c1cc(C)n(-c2ccccc2C)c1C. The highest BCUT2D eigenvalue weighted by molar-refractivity contribution is 7.80. The molecule has 1 aliphatic rings. The van der Waals surface area contributed by atoms with E-state index in [9.17, 15) is 4.79 Å². The first kappa shape index (κ1) is 22.0. The summed E-state index contributed by atoms with van der Waals surface area (Å²) in [5.41, 5.74) is 6.58. The number of nitrogens with one attached hydrogen (secondary N) is 1. The van der Waals surface area contributed by atoms with E-state index in [2.05, 4.69) is 59.9 Å². The van der Waals surface area contributed by atoms with Crippen molar-refractivity contribution >= 4 is 23.3 Å². The number of rotatable bonds is 6. The van der Waals surface area contributed by atoms with Gasteiger partial charge >= 0.3 is 5.97 Å². The number of esters is 1. The summed E-state index contributed by atoms with van der Waals surface area (Å²) in [7, 11) is 0. The Hall–Kier alpha value is -3.19. The molecule has 32 heavy (non-hydrogen) atoms. The van der Waals surface area contributed by atoms with Crippen LogP contribution in [0.1, 0.15) is 47.2 Å². The van der Waals surface area contributed by atoms with Gasteiger partial charge in [-0.1, -0.05) is 24.3 Å². The van der Waals surface area contributed by atoms with Crippen molar-refractivity contribution < 1.29 is 9.53 Å². The van der Waals surface area contributed by atoms with E-state index in [1.165, 1.54) is 5.56 Å². The summed E-state index contributed by atoms with van der Waals surface area (Å²) < 4.78 is 7.50. The average Bonchev–Trinajstić information content (AvgIpc) is 3.25. The highest BCUT2D eigenvalue weighted by Crippen LogP contribution is 2.41. The summed E-state index contributed by atoms with van der Waals surface area (Å²) >= 11 is 5.67. The normalized spacial score (nSPS) is 18.0. The number of hydrogen-bond donors (Lipinski definition) is 1. The monoisotopic (exact) mass is 448 g/mol. The molecule has 0 aliphatic carbocycles. The van der Waals surface area contributed by atoms with E-state index >= 15 is 0 Å². The summed E-state index contributed by atoms with van der Waals surface area (Å²) in [4.78, 5) is 18.9. The summed E-state index contributed by atoms with van der Waals surface area (Å²) in [5, 5.41) is 3.93. The van der Waals surface area contributed by atoms with Gasteiger partial charge in [0.2, 0.25) is 0 Å². The van der Waals surface area contributed by atoms with Gasteiger partial charge < -0.3 is 19.5 Å². The molecule has 1 fully saturated rings. The van der Waals surface area contributed by atoms with Crippen LogP contribution in [0.3, 0.4) is 0 Å². The van der Waals surface area contributed by atoms with Crippen molar-refractivity contribution in [3.63, 3.8) is 0 Å². The smallest absolute Gasteiger partial charge is 0.325 e. The molecule has 1 N–H and O–H groups in total. The molecule has 2 aromatic heterocycles. The lowest BCUT2D eigenvalue weighted by atomic mass is 9.96. The summed E-state index contributed by atoms with van der Waals surface area (Å²) in [5.74, 6) is -0.295. The molecule has 0 amide bonds. The molecule has 1 aliphatic heterocycles. The second kappa shape index (κ2) is 9.12. The van der Waals surface area contributed by atoms with E-state index in [0.29, 0.717) is 11.7 Å². The molecule has 0 spiro atoms. The van der Waals surface area contributed by atoms with E-state index in [1.54, 1.807) is 6.20 Å². The van der Waals surface area contributed by atoms with Gasteiger partial charge in [0, 0.05) is 23.3 Å². The number of hydrogen-bond acceptors (Lipinski definition) is 4. The highest BCUT2D eigenvalue weighted by Gasteiger charge is 2.42. The Morgan fingerprint density at radius 2 is 1.91 bits per heavy atom. The van der Waals surface area contributed by atoms with Crippen LogP contribution in [0.15, 0.2) is 54.7 Å². The van der Waals surface area contributed by atoms with Crippen LogP contribution in [0.5, 0.6) is 0 Å². The van der Waals surface area contributed by atoms with E-state index in [0.717, 1.165) is 28.3 Å². The molecule has 1 saturated heterocycles. The van der Waals surface area contributed by atoms with Gasteiger partial charge in [0.15, 0.2) is 5.11 Å². The van der Waals surface area contributed by atoms with E-state index in [-0.39, 0.29) is 24.6 Å². The topological polar surface area (TPSA) is 59.4 Å². The lowest BCUT2D eigenvalue weighted by molar-refractivity contribution is -0.143. The van der Waals surface area contributed by atoms with Gasteiger partial charge in [0.25, 0.3) is 0 Å². The molecule has 3 heterocycles. The summed E-state index contributed by atoms with van der Waals surface area (Å²) in [6.45, 7) is 8.57. The van der Waals surface area contributed by atoms with Crippen molar-refractivity contribution in [2.75, 3.05) is 13.2 Å². The number of aryl methyl sites for hydroxylation is 2. The molecule has 1 aromatic carbocycles. The second-order valence-electron chi connectivity index (χ2n) is 8.01. The number of benzene rings is 1. The summed E-state index contributed by atoms with van der Waals surface area (Å²) in [6.07, 6.45) is 1.78. The zero-order chi connectivity index (χ0) is 22.8. The minimum atomic E-state index is -0.295. The maximum absolute atomic E-state index is 12.4. The molecule has 4 rings (SSSR count). The number of pyridine rings is 1. The number of ether oxygens (including phenoxy) is 1. The second-order valence-corrected chi connectivity index (χ2v) is 8.39. The minimum absolute atomic E-state index is 0.0850. The largest absolute Gasteiger partial charge is 0.465 e. The first-order valence-electron chi connectivity index (χ1n) is 10.8. The molecule has 0 bridgehead atoms. The molecule has 0 saturated carbocycles. The number of carbonyl (C=O) groups is 1. The zero-order valence-electron chi connectivity index (χ0n) is 18.8. The minimum Gasteiger partial charge on any atom is -0.465 e. The molecule has 0 unspecified atom stereocenters. The highest BCUT2D eigenvalue weighted by atomic mass is 32.1. The predicted octanol–water partition coefficient (Wildman–Crippen LogP) is 4.33. The van der Waals surface area contributed by atoms with Gasteiger partial charge in [-0.05, 0) is 75.3 Å². The lowest BCUT2D eigenvalue weighted by Gasteiger charge is -2.27. The van der Waals surface area contributed by atoms with Crippen molar-refractivity contribution in [1.82, 2.24) is 19.8 Å². The third-order valence-corrected chi connectivity index (χ3v) is 6.30. The van der Waals surface area contributed by atoms with Crippen LogP contribution >= 0.6 is 12.2 Å². The van der Waals surface area contributed by atoms with Crippen molar-refractivity contribution in [3.05, 3.63) is 82.9 Å². The van der Waals surface area contributed by atoms with Gasteiger partial charge in [-0.25, -0.2) is 0 Å². The Labute approximate surface area is 194 Å². The number of nitrogens with zero attached hydrogens (tertiary/aromatic N) is 3. The zero-order valence-corrected chi connectivity index (χ0v) is 19.6. The van der Waals surface area contributed by atoms with Crippen molar-refractivity contribution in [2.45, 2.75) is 39.8 Å². The molecule has 166 valence electrons. The Balaban J connectivity index is 1.83. The maximum Gasteiger partial charge on any atom is 0.325 e. The van der Waals surface area contributed by atoms with Crippen molar-refractivity contribution in [3.8, 4) is 5.69 Å². The van der Waals surface area contributed by atoms with Gasteiger partial charge in [-0.3, -0.25) is 9.78 Å². The first-order valence-corrected chi connectivity index (χ1v) is 11.2. The Morgan fingerprint density at radius 1 is 1.16 bits per heavy atom. The molecule has 6 nitrogen and oxygen atoms in total. The predicted molar refractivity (Wildman–Crippen MR) is 129 cm³/mol. The maximum atomic E-state index is 12.4. The fourth-order valence-electron chi connectivity index (χ4n) is 4.53. The van der Waals surface area contributed by atoms with Crippen LogP contribution in [0.25, 0.3) is 5.69 Å². The first-order chi connectivity index (χ1) is 15.4. The van der Waals surface area contributed by atoms with Crippen molar-refractivity contribution in [2.24, 2.45) is 0 Å². The van der Waals surface area contributed by atoms with Gasteiger partial charge in [0.1, 0.15) is 6.54 Å². The standard InChI is InChI=1S/C25H28N4O2S/c1-5-31-22(30)15-28-24(23(27-25(28)32)20-11-8-9-13-26-20)19-14-17(3)29(18(19)4)21-12-7-6-10-16(21)2/h6-14,23-24H,5,15H2,1-4H3,(H,27,32)/t23-,24+/m1/s1.